The fraction of sp³-hybridized carbons (Fsp3) is 0.364. The van der Waals surface area contributed by atoms with Gasteiger partial charge in [0.05, 0.1) is 17.7 Å². The van der Waals surface area contributed by atoms with E-state index in [2.05, 4.69) is 16.8 Å². The molecule has 88 valence electrons. The molecule has 0 aliphatic carbocycles. The minimum Gasteiger partial charge on any atom is -0.395 e. The summed E-state index contributed by atoms with van der Waals surface area (Å²) in [5.74, 6) is 5.16. The minimum atomic E-state index is -0.209. The first-order valence-corrected chi connectivity index (χ1v) is 5.95. The van der Waals surface area contributed by atoms with Crippen molar-refractivity contribution in [1.82, 2.24) is 4.98 Å². The number of carbonyl (C=O) groups excluding carboxylic acids is 2. The zero-order chi connectivity index (χ0) is 12.3. The second-order valence-corrected chi connectivity index (χ2v) is 4.41. The van der Waals surface area contributed by atoms with Crippen molar-refractivity contribution in [3.8, 4) is 11.8 Å². The lowest BCUT2D eigenvalue weighted by Gasteiger charge is -2.07. The van der Waals surface area contributed by atoms with E-state index in [9.17, 15) is 9.59 Å². The number of rotatable bonds is 2. The van der Waals surface area contributed by atoms with E-state index in [0.717, 1.165) is 4.90 Å². The number of aliphatic hydroxyl groups is 1. The molecule has 0 aromatic carbocycles. The predicted octanol–water partition coefficient (Wildman–Crippen LogP) is 0.530. The summed E-state index contributed by atoms with van der Waals surface area (Å²) in [5, 5.41) is 8.96. The zero-order valence-electron chi connectivity index (χ0n) is 8.97. The number of anilines is 1. The molecule has 17 heavy (non-hydrogen) atoms. The number of amides is 2. The van der Waals surface area contributed by atoms with Crippen LogP contribution in [0.4, 0.5) is 5.13 Å². The number of aromatic nitrogens is 1. The Hall–Kier alpha value is -1.71. The second kappa shape index (κ2) is 5.08. The number of nitrogens with zero attached hydrogens (tertiary/aromatic N) is 2. The molecule has 0 saturated carbocycles. The largest absolute Gasteiger partial charge is 0.395 e. The Morgan fingerprint density at radius 2 is 2.12 bits per heavy atom. The number of carbonyl (C=O) groups is 2. The molecular formula is C11H10N2O3S. The van der Waals surface area contributed by atoms with Gasteiger partial charge in [-0.25, -0.2) is 9.88 Å². The van der Waals surface area contributed by atoms with Gasteiger partial charge in [0, 0.05) is 19.3 Å². The molecule has 1 aliphatic heterocycles. The molecule has 5 nitrogen and oxygen atoms in total. The molecule has 6 heteroatoms. The Morgan fingerprint density at radius 3 is 2.76 bits per heavy atom. The maximum absolute atomic E-state index is 11.5. The standard InChI is InChI=1S/C11H10N2O3S/c14-6-2-1-3-8-7-12-11(17-8)13-9(15)4-5-10(13)16/h7,14H,2,4-6H2. The van der Waals surface area contributed by atoms with Gasteiger partial charge in [0.25, 0.3) is 0 Å². The summed E-state index contributed by atoms with van der Waals surface area (Å²) in [6, 6.07) is 0. The van der Waals surface area contributed by atoms with E-state index in [-0.39, 0.29) is 31.3 Å². The second-order valence-electron chi connectivity index (χ2n) is 3.41. The lowest BCUT2D eigenvalue weighted by atomic mass is 10.4. The molecule has 2 heterocycles. The Morgan fingerprint density at radius 1 is 1.41 bits per heavy atom. The monoisotopic (exact) mass is 250 g/mol. The van der Waals surface area contributed by atoms with Crippen LogP contribution in [-0.4, -0.2) is 28.5 Å². The first-order valence-electron chi connectivity index (χ1n) is 5.13. The summed E-state index contributed by atoms with van der Waals surface area (Å²) in [5.41, 5.74) is 0. The van der Waals surface area contributed by atoms with Crippen molar-refractivity contribution in [2.24, 2.45) is 0 Å². The highest BCUT2D eigenvalue weighted by Gasteiger charge is 2.32. The van der Waals surface area contributed by atoms with Crippen molar-refractivity contribution in [2.75, 3.05) is 11.5 Å². The zero-order valence-corrected chi connectivity index (χ0v) is 9.79. The van der Waals surface area contributed by atoms with Crippen LogP contribution in [0.5, 0.6) is 0 Å². The first kappa shape index (κ1) is 11.8. The number of imide groups is 1. The molecular weight excluding hydrogens is 240 g/mol. The SMILES string of the molecule is O=C1CCC(=O)N1c1ncc(C#CCCO)s1. The van der Waals surface area contributed by atoms with Crippen LogP contribution in [0.1, 0.15) is 24.1 Å². The lowest BCUT2D eigenvalue weighted by Crippen LogP contribution is -2.28. The van der Waals surface area contributed by atoms with Gasteiger partial charge in [0.15, 0.2) is 5.13 Å². The van der Waals surface area contributed by atoms with Crippen LogP contribution in [0.3, 0.4) is 0 Å². The highest BCUT2D eigenvalue weighted by Crippen LogP contribution is 2.26. The van der Waals surface area contributed by atoms with Gasteiger partial charge in [-0.15, -0.1) is 0 Å². The number of hydrogen-bond acceptors (Lipinski definition) is 5. The molecule has 0 radical (unpaired) electrons. The topological polar surface area (TPSA) is 70.5 Å². The van der Waals surface area contributed by atoms with Crippen molar-refractivity contribution in [3.63, 3.8) is 0 Å². The number of hydrogen-bond donors (Lipinski definition) is 1. The fourth-order valence-electron chi connectivity index (χ4n) is 1.42. The third kappa shape index (κ3) is 2.52. The van der Waals surface area contributed by atoms with E-state index < -0.39 is 0 Å². The first-order chi connectivity index (χ1) is 8.22. The van der Waals surface area contributed by atoms with Crippen LogP contribution >= 0.6 is 11.3 Å². The maximum atomic E-state index is 11.5. The van der Waals surface area contributed by atoms with Gasteiger partial charge in [-0.2, -0.15) is 0 Å². The quantitative estimate of drug-likeness (QED) is 0.614. The van der Waals surface area contributed by atoms with Crippen LogP contribution in [0.25, 0.3) is 0 Å². The smallest absolute Gasteiger partial charge is 0.236 e. The Labute approximate surface area is 102 Å². The molecule has 1 fully saturated rings. The van der Waals surface area contributed by atoms with E-state index in [1.54, 1.807) is 0 Å². The average Bonchev–Trinajstić information content (AvgIpc) is 2.87. The molecule has 0 spiro atoms. The molecule has 1 aromatic heterocycles. The summed E-state index contributed by atoms with van der Waals surface area (Å²) >= 11 is 1.21. The van der Waals surface area contributed by atoms with Crippen molar-refractivity contribution < 1.29 is 14.7 Å². The molecule has 1 aromatic rings. The molecule has 0 unspecified atom stereocenters. The maximum Gasteiger partial charge on any atom is 0.236 e. The summed E-state index contributed by atoms with van der Waals surface area (Å²) in [4.78, 5) is 28.7. The molecule has 0 atom stereocenters. The summed E-state index contributed by atoms with van der Waals surface area (Å²) in [6.45, 7) is 0.0156. The van der Waals surface area contributed by atoms with Crippen molar-refractivity contribution in [3.05, 3.63) is 11.1 Å². The van der Waals surface area contributed by atoms with E-state index in [1.807, 2.05) is 0 Å². The predicted molar refractivity (Wildman–Crippen MR) is 62.4 cm³/mol. The molecule has 1 N–H and O–H groups in total. The minimum absolute atomic E-state index is 0.0156. The van der Waals surface area contributed by atoms with E-state index >= 15 is 0 Å². The van der Waals surface area contributed by atoms with Crippen LogP contribution < -0.4 is 4.90 Å². The molecule has 2 rings (SSSR count). The van der Waals surface area contributed by atoms with Crippen molar-refractivity contribution in [2.45, 2.75) is 19.3 Å². The average molecular weight is 250 g/mol. The summed E-state index contributed by atoms with van der Waals surface area (Å²) < 4.78 is 0. The van der Waals surface area contributed by atoms with Crippen LogP contribution in [0, 0.1) is 11.8 Å². The fourth-order valence-corrected chi connectivity index (χ4v) is 2.25. The molecule has 1 saturated heterocycles. The van der Waals surface area contributed by atoms with Gasteiger partial charge in [0.1, 0.15) is 0 Å². The highest BCUT2D eigenvalue weighted by atomic mass is 32.1. The number of thiazole rings is 1. The van der Waals surface area contributed by atoms with Gasteiger partial charge in [-0.05, 0) is 0 Å². The van der Waals surface area contributed by atoms with Gasteiger partial charge in [-0.3, -0.25) is 9.59 Å². The van der Waals surface area contributed by atoms with E-state index in [0.29, 0.717) is 16.4 Å². The van der Waals surface area contributed by atoms with E-state index in [4.69, 9.17) is 5.11 Å². The van der Waals surface area contributed by atoms with Gasteiger partial charge >= 0.3 is 0 Å². The van der Waals surface area contributed by atoms with Gasteiger partial charge in [-0.1, -0.05) is 23.2 Å². The van der Waals surface area contributed by atoms with E-state index in [1.165, 1.54) is 17.5 Å². The van der Waals surface area contributed by atoms with Crippen molar-refractivity contribution in [1.29, 1.82) is 0 Å². The Bertz CT molecular complexity index is 496. The van der Waals surface area contributed by atoms with Gasteiger partial charge < -0.3 is 5.11 Å². The van der Waals surface area contributed by atoms with Crippen LogP contribution in [-0.2, 0) is 9.59 Å². The van der Waals surface area contributed by atoms with Gasteiger partial charge in [0.2, 0.25) is 11.8 Å². The van der Waals surface area contributed by atoms with Crippen LogP contribution in [0.15, 0.2) is 6.20 Å². The molecule has 1 aliphatic rings. The Kier molecular flexibility index (Phi) is 3.52. The third-order valence-corrected chi connectivity index (χ3v) is 3.08. The Balaban J connectivity index is 2.16. The van der Waals surface area contributed by atoms with Crippen molar-refractivity contribution >= 4 is 28.3 Å². The molecule has 2 amide bonds. The summed E-state index contributed by atoms with van der Waals surface area (Å²) in [7, 11) is 0. The highest BCUT2D eigenvalue weighted by molar-refractivity contribution is 7.16. The number of aliphatic hydroxyl groups excluding tert-OH is 1. The third-order valence-electron chi connectivity index (χ3n) is 2.18. The normalized spacial score (nSPS) is 15.0. The lowest BCUT2D eigenvalue weighted by molar-refractivity contribution is -0.121. The summed E-state index contributed by atoms with van der Waals surface area (Å²) in [6.07, 6.45) is 2.44. The molecule has 0 bridgehead atoms. The van der Waals surface area contributed by atoms with Crippen LogP contribution in [0.2, 0.25) is 0 Å².